The lowest BCUT2D eigenvalue weighted by Gasteiger charge is -2.29. The molecular weight excluding hydrogens is 342 g/mol. The summed E-state index contributed by atoms with van der Waals surface area (Å²) in [6.07, 6.45) is 2.10. The lowest BCUT2D eigenvalue weighted by Crippen LogP contribution is -2.36. The number of nitrogens with zero attached hydrogens (tertiary/aromatic N) is 2. The zero-order valence-electron chi connectivity index (χ0n) is 15.3. The Balaban J connectivity index is 1.55. The minimum atomic E-state index is -0.330. The van der Waals surface area contributed by atoms with Crippen molar-refractivity contribution in [1.82, 2.24) is 5.43 Å². The highest BCUT2D eigenvalue weighted by Gasteiger charge is 2.22. The summed E-state index contributed by atoms with van der Waals surface area (Å²) >= 11 is 0. The fourth-order valence-electron chi connectivity index (χ4n) is 3.19. The van der Waals surface area contributed by atoms with Crippen LogP contribution in [0.2, 0.25) is 0 Å². The monoisotopic (exact) mass is 365 g/mol. The summed E-state index contributed by atoms with van der Waals surface area (Å²) in [6.45, 7) is 2.38. The standard InChI is InChI=1S/C21H23N3O3/c1-15(17-9-3-5-11-19(17)25)22-23-20(26)12-13-21(27)24-14-6-8-16-7-2-4-10-18(16)24/h2-5,7,9-11,25H,6,8,12-14H2,1H3,(H,23,26). The van der Waals surface area contributed by atoms with Gasteiger partial charge in [-0.15, -0.1) is 0 Å². The molecule has 0 unspecified atom stereocenters. The molecule has 1 aliphatic rings. The maximum absolute atomic E-state index is 12.5. The minimum absolute atomic E-state index is 0.0568. The van der Waals surface area contributed by atoms with E-state index in [1.54, 1.807) is 36.1 Å². The van der Waals surface area contributed by atoms with Crippen LogP contribution in [-0.2, 0) is 16.0 Å². The topological polar surface area (TPSA) is 82.0 Å². The number of aromatic hydroxyl groups is 1. The van der Waals surface area contributed by atoms with E-state index in [2.05, 4.69) is 10.5 Å². The first-order valence-electron chi connectivity index (χ1n) is 9.06. The lowest BCUT2D eigenvalue weighted by molar-refractivity contribution is -0.125. The number of hydrogen-bond donors (Lipinski definition) is 2. The number of hydrazone groups is 1. The van der Waals surface area contributed by atoms with Crippen molar-refractivity contribution in [3.05, 3.63) is 59.7 Å². The van der Waals surface area contributed by atoms with Crippen LogP contribution < -0.4 is 10.3 Å². The third-order valence-corrected chi connectivity index (χ3v) is 4.62. The van der Waals surface area contributed by atoms with E-state index in [4.69, 9.17) is 0 Å². The van der Waals surface area contributed by atoms with Crippen LogP contribution in [0.4, 0.5) is 5.69 Å². The molecule has 6 nitrogen and oxygen atoms in total. The summed E-state index contributed by atoms with van der Waals surface area (Å²) < 4.78 is 0. The van der Waals surface area contributed by atoms with Gasteiger partial charge in [-0.1, -0.05) is 30.3 Å². The molecule has 3 rings (SSSR count). The molecule has 2 aromatic rings. The number of nitrogens with one attached hydrogen (secondary N) is 1. The number of benzene rings is 2. The van der Waals surface area contributed by atoms with Gasteiger partial charge in [-0.05, 0) is 43.5 Å². The normalized spacial score (nSPS) is 13.8. The molecule has 1 heterocycles. The maximum Gasteiger partial charge on any atom is 0.240 e. The van der Waals surface area contributed by atoms with E-state index in [0.29, 0.717) is 17.8 Å². The first kappa shape index (κ1) is 18.6. The number of amides is 2. The van der Waals surface area contributed by atoms with Crippen LogP contribution in [-0.4, -0.2) is 29.2 Å². The Bertz CT molecular complexity index is 876. The summed E-state index contributed by atoms with van der Waals surface area (Å²) in [6, 6.07) is 14.7. The largest absolute Gasteiger partial charge is 0.507 e. The molecule has 6 heteroatoms. The third kappa shape index (κ3) is 4.53. The van der Waals surface area contributed by atoms with Crippen LogP contribution >= 0.6 is 0 Å². The number of anilines is 1. The van der Waals surface area contributed by atoms with Gasteiger partial charge in [-0.25, -0.2) is 5.43 Å². The van der Waals surface area contributed by atoms with E-state index in [1.165, 1.54) is 5.56 Å². The highest BCUT2D eigenvalue weighted by atomic mass is 16.3. The number of rotatable bonds is 5. The molecule has 0 saturated carbocycles. The van der Waals surface area contributed by atoms with Crippen molar-refractivity contribution in [2.45, 2.75) is 32.6 Å². The van der Waals surface area contributed by atoms with Gasteiger partial charge < -0.3 is 10.0 Å². The molecule has 2 aromatic carbocycles. The van der Waals surface area contributed by atoms with Crippen LogP contribution in [0.3, 0.4) is 0 Å². The van der Waals surface area contributed by atoms with Gasteiger partial charge in [0.25, 0.3) is 0 Å². The second-order valence-electron chi connectivity index (χ2n) is 6.53. The van der Waals surface area contributed by atoms with Crippen LogP contribution in [0.1, 0.15) is 37.3 Å². The molecule has 0 fully saturated rings. The molecule has 0 aromatic heterocycles. The van der Waals surface area contributed by atoms with E-state index < -0.39 is 0 Å². The zero-order chi connectivity index (χ0) is 19.2. The van der Waals surface area contributed by atoms with Crippen molar-refractivity contribution in [3.63, 3.8) is 0 Å². The molecule has 2 amide bonds. The average molecular weight is 365 g/mol. The van der Waals surface area contributed by atoms with Crippen LogP contribution in [0.15, 0.2) is 53.6 Å². The van der Waals surface area contributed by atoms with Crippen molar-refractivity contribution >= 4 is 23.2 Å². The van der Waals surface area contributed by atoms with E-state index in [0.717, 1.165) is 18.5 Å². The van der Waals surface area contributed by atoms with Crippen LogP contribution in [0, 0.1) is 0 Å². The van der Waals surface area contributed by atoms with E-state index in [-0.39, 0.29) is 30.4 Å². The Kier molecular flexibility index (Phi) is 5.86. The van der Waals surface area contributed by atoms with Gasteiger partial charge in [-0.3, -0.25) is 9.59 Å². The number of hydrogen-bond acceptors (Lipinski definition) is 4. The SMILES string of the molecule is CC(=NNC(=O)CCC(=O)N1CCCc2ccccc21)c1ccccc1O. The predicted molar refractivity (Wildman–Crippen MR) is 105 cm³/mol. The number of aryl methyl sites for hydroxylation is 1. The fraction of sp³-hybridized carbons (Fsp3) is 0.286. The van der Waals surface area contributed by atoms with Gasteiger partial charge in [-0.2, -0.15) is 5.10 Å². The summed E-state index contributed by atoms with van der Waals surface area (Å²) in [5.74, 6) is -0.283. The molecule has 0 saturated heterocycles. The Labute approximate surface area is 158 Å². The molecule has 140 valence electrons. The quantitative estimate of drug-likeness (QED) is 0.631. The average Bonchev–Trinajstić information content (AvgIpc) is 2.70. The number of phenolic OH excluding ortho intramolecular Hbond substituents is 1. The maximum atomic E-state index is 12.5. The minimum Gasteiger partial charge on any atom is -0.507 e. The Morgan fingerprint density at radius 1 is 1.11 bits per heavy atom. The second kappa shape index (κ2) is 8.49. The zero-order valence-corrected chi connectivity index (χ0v) is 15.3. The third-order valence-electron chi connectivity index (χ3n) is 4.62. The van der Waals surface area contributed by atoms with E-state index in [9.17, 15) is 14.7 Å². The molecule has 0 atom stereocenters. The summed E-state index contributed by atoms with van der Waals surface area (Å²) in [5.41, 5.74) is 5.62. The number of phenols is 1. The van der Waals surface area contributed by atoms with Gasteiger partial charge in [0.1, 0.15) is 5.75 Å². The Morgan fingerprint density at radius 3 is 2.67 bits per heavy atom. The summed E-state index contributed by atoms with van der Waals surface area (Å²) in [5, 5.41) is 13.8. The highest BCUT2D eigenvalue weighted by molar-refractivity contribution is 6.01. The van der Waals surface area contributed by atoms with Crippen molar-refractivity contribution in [2.75, 3.05) is 11.4 Å². The molecule has 0 aliphatic carbocycles. The molecule has 0 radical (unpaired) electrons. The number of carbonyl (C=O) groups is 2. The number of fused-ring (bicyclic) bond motifs is 1. The van der Waals surface area contributed by atoms with Gasteiger partial charge in [0.15, 0.2) is 0 Å². The fourth-order valence-corrected chi connectivity index (χ4v) is 3.19. The highest BCUT2D eigenvalue weighted by Crippen LogP contribution is 2.27. The van der Waals surface area contributed by atoms with Crippen molar-refractivity contribution < 1.29 is 14.7 Å². The van der Waals surface area contributed by atoms with Gasteiger partial charge in [0.05, 0.1) is 5.71 Å². The molecule has 0 bridgehead atoms. The summed E-state index contributed by atoms with van der Waals surface area (Å²) in [7, 11) is 0. The molecule has 2 N–H and O–H groups in total. The molecule has 27 heavy (non-hydrogen) atoms. The number of carbonyl (C=O) groups excluding carboxylic acids is 2. The molecular formula is C21H23N3O3. The van der Waals surface area contributed by atoms with Crippen molar-refractivity contribution in [3.8, 4) is 5.75 Å². The van der Waals surface area contributed by atoms with Crippen molar-refractivity contribution in [2.24, 2.45) is 5.10 Å². The van der Waals surface area contributed by atoms with Gasteiger partial charge in [0, 0.05) is 30.6 Å². The Hall–Kier alpha value is -3.15. The first-order chi connectivity index (χ1) is 13.1. The lowest BCUT2D eigenvalue weighted by atomic mass is 10.0. The Morgan fingerprint density at radius 2 is 1.85 bits per heavy atom. The number of para-hydroxylation sites is 2. The first-order valence-corrected chi connectivity index (χ1v) is 9.06. The smallest absolute Gasteiger partial charge is 0.240 e. The predicted octanol–water partition coefficient (Wildman–Crippen LogP) is 2.99. The van der Waals surface area contributed by atoms with Gasteiger partial charge >= 0.3 is 0 Å². The summed E-state index contributed by atoms with van der Waals surface area (Å²) in [4.78, 5) is 26.4. The molecule has 1 aliphatic heterocycles. The van der Waals surface area contributed by atoms with Crippen LogP contribution in [0.5, 0.6) is 5.75 Å². The van der Waals surface area contributed by atoms with E-state index in [1.807, 2.05) is 24.3 Å². The molecule has 0 spiro atoms. The van der Waals surface area contributed by atoms with Gasteiger partial charge in [0.2, 0.25) is 11.8 Å². The van der Waals surface area contributed by atoms with Crippen LogP contribution in [0.25, 0.3) is 0 Å². The van der Waals surface area contributed by atoms with Crippen molar-refractivity contribution in [1.29, 1.82) is 0 Å². The second-order valence-corrected chi connectivity index (χ2v) is 6.53. The van der Waals surface area contributed by atoms with E-state index >= 15 is 0 Å².